The molecule has 1 saturated carbocycles. The maximum Gasteiger partial charge on any atom is 0.0592 e. The molecule has 0 amide bonds. The quantitative estimate of drug-likeness (QED) is 0.745. The Kier molecular flexibility index (Phi) is 3.25. The van der Waals surface area contributed by atoms with Gasteiger partial charge >= 0.3 is 0 Å². The van der Waals surface area contributed by atoms with Crippen LogP contribution in [-0.2, 0) is 10.8 Å². The van der Waals surface area contributed by atoms with Gasteiger partial charge in [0.25, 0.3) is 0 Å². The standard InChI is InChI=1S/C13H18OS/c1-2-3-9-13(10-11-13)15(14)12-7-5-4-6-8-12/h4-8H,2-3,9-11H2,1H3. The van der Waals surface area contributed by atoms with Gasteiger partial charge in [0.2, 0.25) is 0 Å². The molecule has 1 aromatic carbocycles. The van der Waals surface area contributed by atoms with Gasteiger partial charge in [-0.2, -0.15) is 0 Å². The van der Waals surface area contributed by atoms with Crippen molar-refractivity contribution in [3.63, 3.8) is 0 Å². The van der Waals surface area contributed by atoms with Crippen molar-refractivity contribution in [1.82, 2.24) is 0 Å². The van der Waals surface area contributed by atoms with Gasteiger partial charge in [-0.3, -0.25) is 4.21 Å². The fraction of sp³-hybridized carbons (Fsp3) is 0.538. The number of hydrogen-bond acceptors (Lipinski definition) is 1. The molecule has 0 bridgehead atoms. The molecular weight excluding hydrogens is 204 g/mol. The van der Waals surface area contributed by atoms with Crippen molar-refractivity contribution in [2.24, 2.45) is 0 Å². The van der Waals surface area contributed by atoms with Crippen molar-refractivity contribution < 1.29 is 4.21 Å². The molecular formula is C13H18OS. The van der Waals surface area contributed by atoms with Crippen molar-refractivity contribution in [3.05, 3.63) is 30.3 Å². The fourth-order valence-corrected chi connectivity index (χ4v) is 3.67. The fourth-order valence-electron chi connectivity index (χ4n) is 1.96. The molecule has 0 aliphatic heterocycles. The molecule has 1 aliphatic carbocycles. The Morgan fingerprint density at radius 1 is 1.27 bits per heavy atom. The van der Waals surface area contributed by atoms with Crippen molar-refractivity contribution in [1.29, 1.82) is 0 Å². The summed E-state index contributed by atoms with van der Waals surface area (Å²) in [5.74, 6) is 0. The summed E-state index contributed by atoms with van der Waals surface area (Å²) in [4.78, 5) is 1.01. The monoisotopic (exact) mass is 222 g/mol. The van der Waals surface area contributed by atoms with Gasteiger partial charge in [-0.05, 0) is 31.4 Å². The summed E-state index contributed by atoms with van der Waals surface area (Å²) in [6.07, 6.45) is 5.83. The summed E-state index contributed by atoms with van der Waals surface area (Å²) in [5.41, 5.74) is 0. The highest BCUT2D eigenvalue weighted by Gasteiger charge is 2.48. The van der Waals surface area contributed by atoms with Crippen molar-refractivity contribution in [2.75, 3.05) is 0 Å². The molecule has 2 heteroatoms. The summed E-state index contributed by atoms with van der Waals surface area (Å²) in [6.45, 7) is 2.20. The minimum Gasteiger partial charge on any atom is -0.254 e. The lowest BCUT2D eigenvalue weighted by Gasteiger charge is -2.14. The third-order valence-electron chi connectivity index (χ3n) is 3.14. The van der Waals surface area contributed by atoms with E-state index in [1.807, 2.05) is 30.3 Å². The second-order valence-electron chi connectivity index (χ2n) is 4.37. The second-order valence-corrected chi connectivity index (χ2v) is 6.24. The SMILES string of the molecule is CCCCC1(S(=O)c2ccccc2)CC1. The Balaban J connectivity index is 2.08. The Morgan fingerprint density at radius 3 is 2.47 bits per heavy atom. The number of hydrogen-bond donors (Lipinski definition) is 0. The molecule has 0 spiro atoms. The normalized spacial score (nSPS) is 19.8. The van der Waals surface area contributed by atoms with Crippen LogP contribution in [-0.4, -0.2) is 8.96 Å². The van der Waals surface area contributed by atoms with Gasteiger partial charge in [0.15, 0.2) is 0 Å². The third kappa shape index (κ3) is 2.31. The largest absolute Gasteiger partial charge is 0.254 e. The molecule has 1 unspecified atom stereocenters. The first kappa shape index (κ1) is 10.9. The number of rotatable bonds is 5. The summed E-state index contributed by atoms with van der Waals surface area (Å²) in [7, 11) is -0.784. The average molecular weight is 222 g/mol. The molecule has 0 saturated heterocycles. The Hall–Kier alpha value is -0.630. The third-order valence-corrected chi connectivity index (χ3v) is 5.24. The van der Waals surface area contributed by atoms with Crippen LogP contribution >= 0.6 is 0 Å². The predicted molar refractivity (Wildman–Crippen MR) is 64.3 cm³/mol. The van der Waals surface area contributed by atoms with Gasteiger partial charge in [-0.1, -0.05) is 38.0 Å². The van der Waals surface area contributed by atoms with Crippen LogP contribution < -0.4 is 0 Å². The molecule has 0 aromatic heterocycles. The van der Waals surface area contributed by atoms with Crippen LogP contribution in [0.15, 0.2) is 35.2 Å². The first-order valence-electron chi connectivity index (χ1n) is 5.75. The van der Waals surface area contributed by atoms with E-state index in [4.69, 9.17) is 0 Å². The lowest BCUT2D eigenvalue weighted by atomic mass is 10.2. The molecule has 0 N–H and O–H groups in total. The Labute approximate surface area is 94.4 Å². The van der Waals surface area contributed by atoms with Crippen molar-refractivity contribution >= 4 is 10.8 Å². The van der Waals surface area contributed by atoms with Gasteiger partial charge in [-0.15, -0.1) is 0 Å². The Morgan fingerprint density at radius 2 is 1.93 bits per heavy atom. The van der Waals surface area contributed by atoms with Crippen LogP contribution in [0.2, 0.25) is 0 Å². The topological polar surface area (TPSA) is 17.1 Å². The number of unbranched alkanes of at least 4 members (excludes halogenated alkanes) is 1. The molecule has 0 heterocycles. The molecule has 1 aliphatic rings. The van der Waals surface area contributed by atoms with Crippen LogP contribution in [0.25, 0.3) is 0 Å². The van der Waals surface area contributed by atoms with E-state index in [1.54, 1.807) is 0 Å². The first-order valence-corrected chi connectivity index (χ1v) is 6.90. The van der Waals surface area contributed by atoms with Gasteiger partial charge in [0.05, 0.1) is 15.5 Å². The molecule has 1 nitrogen and oxygen atoms in total. The highest BCUT2D eigenvalue weighted by molar-refractivity contribution is 7.86. The maximum absolute atomic E-state index is 12.3. The van der Waals surface area contributed by atoms with E-state index in [2.05, 4.69) is 6.92 Å². The second kappa shape index (κ2) is 4.48. The smallest absolute Gasteiger partial charge is 0.0592 e. The summed E-state index contributed by atoms with van der Waals surface area (Å²) < 4.78 is 12.5. The van der Waals surface area contributed by atoms with Gasteiger partial charge < -0.3 is 0 Å². The Bertz CT molecular complexity index is 341. The zero-order valence-electron chi connectivity index (χ0n) is 9.24. The van der Waals surface area contributed by atoms with Crippen LogP contribution in [0.3, 0.4) is 0 Å². The van der Waals surface area contributed by atoms with Crippen LogP contribution in [0, 0.1) is 0 Å². The van der Waals surface area contributed by atoms with E-state index in [1.165, 1.54) is 12.8 Å². The highest BCUT2D eigenvalue weighted by atomic mass is 32.2. The molecule has 2 rings (SSSR count). The zero-order valence-corrected chi connectivity index (χ0v) is 10.1. The van der Waals surface area contributed by atoms with Gasteiger partial charge in [0.1, 0.15) is 0 Å². The van der Waals surface area contributed by atoms with Crippen LogP contribution in [0.1, 0.15) is 39.0 Å². The minimum atomic E-state index is -0.784. The molecule has 1 atom stereocenters. The molecule has 82 valence electrons. The lowest BCUT2D eigenvalue weighted by molar-refractivity contribution is 0.633. The molecule has 1 fully saturated rings. The predicted octanol–water partition coefficient (Wildman–Crippen LogP) is 3.52. The number of benzene rings is 1. The van der Waals surface area contributed by atoms with Gasteiger partial charge in [-0.25, -0.2) is 0 Å². The zero-order chi connectivity index (χ0) is 10.7. The van der Waals surface area contributed by atoms with Crippen molar-refractivity contribution in [3.8, 4) is 0 Å². The van der Waals surface area contributed by atoms with Gasteiger partial charge in [0, 0.05) is 4.90 Å². The van der Waals surface area contributed by atoms with E-state index in [0.29, 0.717) is 0 Å². The van der Waals surface area contributed by atoms with E-state index in [-0.39, 0.29) is 4.75 Å². The van der Waals surface area contributed by atoms with E-state index < -0.39 is 10.8 Å². The van der Waals surface area contributed by atoms with Crippen molar-refractivity contribution in [2.45, 2.75) is 48.7 Å². The van der Waals surface area contributed by atoms with E-state index in [9.17, 15) is 4.21 Å². The minimum absolute atomic E-state index is 0.136. The first-order chi connectivity index (χ1) is 7.28. The summed E-state index contributed by atoms with van der Waals surface area (Å²) in [6, 6.07) is 9.91. The lowest BCUT2D eigenvalue weighted by Crippen LogP contribution is -2.16. The average Bonchev–Trinajstić information content (AvgIpc) is 3.08. The maximum atomic E-state index is 12.3. The summed E-state index contributed by atoms with van der Waals surface area (Å²) in [5, 5.41) is 0. The summed E-state index contributed by atoms with van der Waals surface area (Å²) >= 11 is 0. The molecule has 0 radical (unpaired) electrons. The molecule has 1 aromatic rings. The molecule has 15 heavy (non-hydrogen) atoms. The highest BCUT2D eigenvalue weighted by Crippen LogP contribution is 2.48. The van der Waals surface area contributed by atoms with Crippen LogP contribution in [0.5, 0.6) is 0 Å². The van der Waals surface area contributed by atoms with E-state index >= 15 is 0 Å². The van der Waals surface area contributed by atoms with E-state index in [0.717, 1.165) is 24.2 Å². The van der Waals surface area contributed by atoms with Crippen LogP contribution in [0.4, 0.5) is 0 Å².